The van der Waals surface area contributed by atoms with Crippen LogP contribution in [0.1, 0.15) is 79.6 Å². The van der Waals surface area contributed by atoms with Crippen LogP contribution in [0.25, 0.3) is 11.0 Å². The molecule has 1 aliphatic carbocycles. The maximum absolute atomic E-state index is 13.7. The molecular formula is C36H45N7O2S. The summed E-state index contributed by atoms with van der Waals surface area (Å²) in [5, 5.41) is 6.59. The second-order valence-corrected chi connectivity index (χ2v) is 14.2. The Kier molecular flexibility index (Phi) is 9.38. The van der Waals surface area contributed by atoms with Gasteiger partial charge in [0.1, 0.15) is 11.8 Å². The predicted molar refractivity (Wildman–Crippen MR) is 190 cm³/mol. The van der Waals surface area contributed by atoms with Gasteiger partial charge in [-0.05, 0) is 105 Å². The van der Waals surface area contributed by atoms with E-state index in [1.807, 2.05) is 37.4 Å². The number of nitrogens with zero attached hydrogens (tertiary/aromatic N) is 4. The number of rotatable bonds is 10. The van der Waals surface area contributed by atoms with Crippen molar-refractivity contribution in [3.63, 3.8) is 0 Å². The van der Waals surface area contributed by atoms with Gasteiger partial charge in [-0.3, -0.25) is 4.79 Å². The van der Waals surface area contributed by atoms with Crippen LogP contribution in [-0.4, -0.2) is 58.8 Å². The van der Waals surface area contributed by atoms with Gasteiger partial charge < -0.3 is 25.0 Å². The van der Waals surface area contributed by atoms with E-state index in [4.69, 9.17) is 9.72 Å². The minimum atomic E-state index is -0.233. The summed E-state index contributed by atoms with van der Waals surface area (Å²) < 4.78 is 9.04. The van der Waals surface area contributed by atoms with Crippen LogP contribution in [0.5, 0.6) is 5.75 Å². The number of carbonyl (C=O) groups excluding carboxylic acids is 1. The molecule has 0 radical (unpaired) electrons. The maximum atomic E-state index is 13.7. The molecule has 0 bridgehead atoms. The Morgan fingerprint density at radius 1 is 1.00 bits per heavy atom. The molecule has 9 nitrogen and oxygen atoms in total. The number of piperidine rings is 1. The molecule has 1 saturated heterocycles. The van der Waals surface area contributed by atoms with Crippen molar-refractivity contribution in [2.24, 2.45) is 5.92 Å². The average Bonchev–Trinajstić information content (AvgIpc) is 3.86. The first-order valence-electron chi connectivity index (χ1n) is 16.2. The number of aryl methyl sites for hydroxylation is 1. The van der Waals surface area contributed by atoms with Gasteiger partial charge in [0.15, 0.2) is 11.6 Å². The van der Waals surface area contributed by atoms with Crippen LogP contribution < -0.4 is 20.1 Å². The van der Waals surface area contributed by atoms with E-state index < -0.39 is 0 Å². The number of methoxy groups -OCH3 is 1. The van der Waals surface area contributed by atoms with Crippen LogP contribution in [0.15, 0.2) is 48.8 Å². The van der Waals surface area contributed by atoms with Crippen molar-refractivity contribution in [2.45, 2.75) is 64.7 Å². The van der Waals surface area contributed by atoms with E-state index in [0.29, 0.717) is 28.7 Å². The Hall–Kier alpha value is -3.89. The Bertz CT molecular complexity index is 1730. The van der Waals surface area contributed by atoms with Crippen molar-refractivity contribution in [3.05, 3.63) is 71.2 Å². The topological polar surface area (TPSA) is 104 Å². The highest BCUT2D eigenvalue weighted by Gasteiger charge is 2.28. The highest BCUT2D eigenvalue weighted by molar-refractivity contribution is 7.99. The summed E-state index contributed by atoms with van der Waals surface area (Å²) in [4.78, 5) is 30.5. The van der Waals surface area contributed by atoms with Crippen molar-refractivity contribution < 1.29 is 9.53 Å². The van der Waals surface area contributed by atoms with Gasteiger partial charge in [0, 0.05) is 35.7 Å². The van der Waals surface area contributed by atoms with Crippen molar-refractivity contribution in [1.82, 2.24) is 19.9 Å². The van der Waals surface area contributed by atoms with Crippen LogP contribution >= 0.6 is 11.9 Å². The molecule has 10 heteroatoms. The Balaban J connectivity index is 1.24. The summed E-state index contributed by atoms with van der Waals surface area (Å²) in [5.41, 5.74) is 7.31. The second-order valence-electron chi connectivity index (χ2n) is 13.6. The Morgan fingerprint density at radius 2 is 1.76 bits per heavy atom. The molecule has 3 heterocycles. The zero-order valence-corrected chi connectivity index (χ0v) is 28.6. The Labute approximate surface area is 276 Å². The first kappa shape index (κ1) is 32.1. The lowest BCUT2D eigenvalue weighted by molar-refractivity contribution is 0.102. The SMILES string of the molecule is COc1c(NSC)cc(C(C)(C)C)cc1NC(=O)c1ccc(C)c(Nc2ncnc3ccc(C4CCN(CC5CC5)CC4)nc23)c1. The molecule has 0 atom stereocenters. The minimum absolute atomic E-state index is 0.122. The number of pyridine rings is 1. The molecule has 6 rings (SSSR count). The number of amides is 1. The van der Waals surface area contributed by atoms with Gasteiger partial charge in [0.2, 0.25) is 0 Å². The average molecular weight is 640 g/mol. The number of ether oxygens (including phenoxy) is 1. The van der Waals surface area contributed by atoms with E-state index in [9.17, 15) is 4.79 Å². The minimum Gasteiger partial charge on any atom is -0.492 e. The third kappa shape index (κ3) is 7.23. The number of likely N-dealkylation sites (tertiary alicyclic amines) is 1. The lowest BCUT2D eigenvalue weighted by Gasteiger charge is -2.31. The molecule has 242 valence electrons. The first-order chi connectivity index (χ1) is 22.1. The standard InChI is InChI=1S/C36H45N7O2S/c1-22-7-10-25(35(44)41-30-18-26(36(2,3)4)19-31(42-46-6)33(30)45-5)17-29(22)40-34-32-28(37-21-38-34)12-11-27(39-32)24-13-15-43(16-14-24)20-23-8-9-23/h7,10-12,17-19,21,23-24,42H,8-9,13-16,20H2,1-6H3,(H,41,44)(H,37,38,40). The molecule has 2 aromatic carbocycles. The summed E-state index contributed by atoms with van der Waals surface area (Å²) in [5.74, 6) is 2.34. The highest BCUT2D eigenvalue weighted by Crippen LogP contribution is 2.40. The molecule has 2 fully saturated rings. The summed E-state index contributed by atoms with van der Waals surface area (Å²) in [6.45, 7) is 12.0. The fourth-order valence-corrected chi connectivity index (χ4v) is 6.50. The molecule has 2 aromatic heterocycles. The fraction of sp³-hybridized carbons (Fsp3) is 0.444. The van der Waals surface area contributed by atoms with Gasteiger partial charge in [-0.1, -0.05) is 38.8 Å². The summed E-state index contributed by atoms with van der Waals surface area (Å²) in [6.07, 6.45) is 8.55. The van der Waals surface area contributed by atoms with E-state index in [1.54, 1.807) is 13.4 Å². The van der Waals surface area contributed by atoms with Gasteiger partial charge in [-0.25, -0.2) is 15.0 Å². The third-order valence-corrected chi connectivity index (χ3v) is 9.52. The number of carbonyl (C=O) groups is 1. The lowest BCUT2D eigenvalue weighted by Crippen LogP contribution is -2.34. The Morgan fingerprint density at radius 3 is 2.46 bits per heavy atom. The number of benzene rings is 2. The van der Waals surface area contributed by atoms with Gasteiger partial charge in [0.25, 0.3) is 5.91 Å². The van der Waals surface area contributed by atoms with Gasteiger partial charge in [-0.15, -0.1) is 0 Å². The van der Waals surface area contributed by atoms with Gasteiger partial charge in [0.05, 0.1) is 24.0 Å². The van der Waals surface area contributed by atoms with Crippen molar-refractivity contribution in [3.8, 4) is 5.75 Å². The molecule has 1 aliphatic heterocycles. The zero-order chi connectivity index (χ0) is 32.4. The number of aromatic nitrogens is 3. The van der Waals surface area contributed by atoms with E-state index in [-0.39, 0.29) is 11.3 Å². The number of nitrogens with one attached hydrogen (secondary N) is 3. The summed E-state index contributed by atoms with van der Waals surface area (Å²) in [6, 6.07) is 13.9. The normalized spacial score (nSPS) is 16.0. The van der Waals surface area contributed by atoms with Crippen LogP contribution in [0.4, 0.5) is 22.9 Å². The molecule has 1 saturated carbocycles. The molecule has 46 heavy (non-hydrogen) atoms. The van der Waals surface area contributed by atoms with Gasteiger partial charge >= 0.3 is 0 Å². The number of hydrogen-bond acceptors (Lipinski definition) is 9. The second kappa shape index (κ2) is 13.5. The highest BCUT2D eigenvalue weighted by atomic mass is 32.2. The number of anilines is 4. The van der Waals surface area contributed by atoms with E-state index in [1.165, 1.54) is 31.3 Å². The van der Waals surface area contributed by atoms with Crippen LogP contribution in [-0.2, 0) is 5.41 Å². The smallest absolute Gasteiger partial charge is 0.255 e. The summed E-state index contributed by atoms with van der Waals surface area (Å²) in [7, 11) is 1.62. The quantitative estimate of drug-likeness (QED) is 0.149. The molecule has 2 aliphatic rings. The van der Waals surface area contributed by atoms with E-state index in [0.717, 1.165) is 71.1 Å². The van der Waals surface area contributed by atoms with Crippen molar-refractivity contribution in [2.75, 3.05) is 48.4 Å². The number of fused-ring (bicyclic) bond motifs is 1. The predicted octanol–water partition coefficient (Wildman–Crippen LogP) is 7.91. The van der Waals surface area contributed by atoms with Crippen molar-refractivity contribution in [1.29, 1.82) is 0 Å². The monoisotopic (exact) mass is 639 g/mol. The lowest BCUT2D eigenvalue weighted by atomic mass is 9.86. The molecular weight excluding hydrogens is 595 g/mol. The van der Waals surface area contributed by atoms with Gasteiger partial charge in [-0.2, -0.15) is 0 Å². The molecule has 4 aromatic rings. The molecule has 0 unspecified atom stereocenters. The van der Waals surface area contributed by atoms with Crippen molar-refractivity contribution >= 4 is 51.8 Å². The first-order valence-corrected chi connectivity index (χ1v) is 17.4. The van der Waals surface area contributed by atoms with E-state index >= 15 is 0 Å². The van der Waals surface area contributed by atoms with E-state index in [2.05, 4.69) is 69.2 Å². The molecule has 0 spiro atoms. The zero-order valence-electron chi connectivity index (χ0n) is 27.7. The molecule has 3 N–H and O–H groups in total. The largest absolute Gasteiger partial charge is 0.492 e. The molecule has 1 amide bonds. The summed E-state index contributed by atoms with van der Waals surface area (Å²) >= 11 is 1.48. The fourth-order valence-electron chi connectivity index (χ4n) is 6.13. The third-order valence-electron chi connectivity index (χ3n) is 9.09. The van der Waals surface area contributed by atoms with Crippen LogP contribution in [0.2, 0.25) is 0 Å². The van der Waals surface area contributed by atoms with Crippen LogP contribution in [0, 0.1) is 12.8 Å². The number of hydrogen-bond donors (Lipinski definition) is 3. The van der Waals surface area contributed by atoms with Crippen LogP contribution in [0.3, 0.4) is 0 Å². The maximum Gasteiger partial charge on any atom is 0.255 e.